The van der Waals surface area contributed by atoms with Gasteiger partial charge in [0.05, 0.1) is 6.04 Å². The lowest BCUT2D eigenvalue weighted by Gasteiger charge is -2.35. The lowest BCUT2D eigenvalue weighted by Crippen LogP contribution is -2.59. The Kier molecular flexibility index (Phi) is 4.17. The quantitative estimate of drug-likeness (QED) is 0.861. The van der Waals surface area contributed by atoms with Crippen LogP contribution >= 0.6 is 11.3 Å². The molecule has 6 nitrogen and oxygen atoms in total. The number of carbonyl (C=O) groups is 3. The Balaban J connectivity index is 2.35. The van der Waals surface area contributed by atoms with E-state index in [-0.39, 0.29) is 5.92 Å². The number of nitrogens with one attached hydrogen (secondary N) is 1. The van der Waals surface area contributed by atoms with Crippen LogP contribution in [0.3, 0.4) is 0 Å². The Bertz CT molecular complexity index is 527. The number of rotatable bonds is 4. The highest BCUT2D eigenvalue weighted by Crippen LogP contribution is 2.30. The minimum absolute atomic E-state index is 0.160. The van der Waals surface area contributed by atoms with Gasteiger partial charge in [0.2, 0.25) is 11.8 Å². The van der Waals surface area contributed by atoms with Crippen LogP contribution in [0.15, 0.2) is 11.6 Å². The van der Waals surface area contributed by atoms with Gasteiger partial charge in [0.25, 0.3) is 0 Å². The number of aromatic nitrogens is 1. The van der Waals surface area contributed by atoms with Crippen LogP contribution in [0.5, 0.6) is 0 Å². The Morgan fingerprint density at radius 2 is 2.10 bits per heavy atom. The van der Waals surface area contributed by atoms with E-state index in [2.05, 4.69) is 10.3 Å². The van der Waals surface area contributed by atoms with Crippen molar-refractivity contribution < 1.29 is 14.4 Å². The molecular formula is C13H17N3O3S. The molecule has 1 aromatic heterocycles. The van der Waals surface area contributed by atoms with E-state index in [0.29, 0.717) is 11.4 Å². The zero-order valence-electron chi connectivity index (χ0n) is 11.6. The molecule has 2 unspecified atom stereocenters. The van der Waals surface area contributed by atoms with Gasteiger partial charge in [0.15, 0.2) is 0 Å². The molecule has 1 aromatic rings. The number of barbiturate groups is 1. The molecular weight excluding hydrogens is 278 g/mol. The number of hydrogen-bond acceptors (Lipinski definition) is 5. The van der Waals surface area contributed by atoms with E-state index in [9.17, 15) is 14.4 Å². The molecule has 2 heterocycles. The molecule has 1 saturated heterocycles. The Labute approximate surface area is 121 Å². The largest absolute Gasteiger partial charge is 0.331 e. The summed E-state index contributed by atoms with van der Waals surface area (Å²) in [5.41, 5.74) is 0. The maximum absolute atomic E-state index is 12.5. The fraction of sp³-hybridized carbons (Fsp3) is 0.538. The van der Waals surface area contributed by atoms with Crippen LogP contribution in [-0.2, 0) is 9.59 Å². The van der Waals surface area contributed by atoms with Gasteiger partial charge in [-0.05, 0) is 12.3 Å². The van der Waals surface area contributed by atoms with Crippen LogP contribution < -0.4 is 5.32 Å². The molecule has 1 fully saturated rings. The van der Waals surface area contributed by atoms with Crippen LogP contribution in [0.4, 0.5) is 4.79 Å². The lowest BCUT2D eigenvalue weighted by atomic mass is 9.91. The summed E-state index contributed by atoms with van der Waals surface area (Å²) in [7, 11) is 0. The summed E-state index contributed by atoms with van der Waals surface area (Å²) < 4.78 is 0. The summed E-state index contributed by atoms with van der Waals surface area (Å²) in [5, 5.41) is 4.77. The van der Waals surface area contributed by atoms with Gasteiger partial charge >= 0.3 is 6.03 Å². The third-order valence-electron chi connectivity index (χ3n) is 3.34. The molecule has 108 valence electrons. The van der Waals surface area contributed by atoms with Crippen molar-refractivity contribution in [3.63, 3.8) is 0 Å². The van der Waals surface area contributed by atoms with Crippen molar-refractivity contribution in [1.82, 2.24) is 15.2 Å². The molecule has 1 aliphatic heterocycles. The number of imide groups is 2. The van der Waals surface area contributed by atoms with Gasteiger partial charge in [-0.15, -0.1) is 11.3 Å². The molecule has 0 bridgehead atoms. The minimum atomic E-state index is -0.818. The normalized spacial score (nSPS) is 21.3. The maximum Gasteiger partial charge on any atom is 0.331 e. The molecule has 0 aromatic carbocycles. The highest BCUT2D eigenvalue weighted by atomic mass is 32.1. The number of carbonyl (C=O) groups excluding carboxylic acids is 3. The highest BCUT2D eigenvalue weighted by molar-refractivity contribution is 7.09. The Morgan fingerprint density at radius 1 is 1.40 bits per heavy atom. The zero-order valence-corrected chi connectivity index (χ0v) is 12.4. The summed E-state index contributed by atoms with van der Waals surface area (Å²) in [6.07, 6.45) is 2.20. The molecule has 20 heavy (non-hydrogen) atoms. The topological polar surface area (TPSA) is 79.4 Å². The van der Waals surface area contributed by atoms with Gasteiger partial charge in [0.1, 0.15) is 10.9 Å². The van der Waals surface area contributed by atoms with E-state index in [0.717, 1.165) is 4.90 Å². The molecule has 0 radical (unpaired) electrons. The summed E-state index contributed by atoms with van der Waals surface area (Å²) in [6, 6.07) is -1.07. The SMILES string of the molecule is CCC(c1nccs1)N1C(=O)NC(=O)C(C(C)C)C1=O. The standard InChI is InChI=1S/C13H17N3O3S/c1-4-8(11-14-5-6-20-11)16-12(18)9(7(2)3)10(17)15-13(16)19/h5-9H,4H2,1-3H3,(H,15,17,19). The first-order valence-corrected chi connectivity index (χ1v) is 7.42. The van der Waals surface area contributed by atoms with Gasteiger partial charge in [-0.25, -0.2) is 9.78 Å². The summed E-state index contributed by atoms with van der Waals surface area (Å²) in [4.78, 5) is 41.7. The number of thiazole rings is 1. The predicted octanol–water partition coefficient (Wildman–Crippen LogP) is 1.94. The van der Waals surface area contributed by atoms with Crippen LogP contribution in [0.25, 0.3) is 0 Å². The van der Waals surface area contributed by atoms with E-state index >= 15 is 0 Å². The van der Waals surface area contributed by atoms with E-state index in [4.69, 9.17) is 0 Å². The van der Waals surface area contributed by atoms with Gasteiger partial charge in [-0.1, -0.05) is 20.8 Å². The van der Waals surface area contributed by atoms with Crippen LogP contribution in [-0.4, -0.2) is 27.7 Å². The first kappa shape index (κ1) is 14.6. The maximum atomic E-state index is 12.5. The molecule has 1 aliphatic rings. The number of hydrogen-bond donors (Lipinski definition) is 1. The molecule has 0 saturated carbocycles. The van der Waals surface area contributed by atoms with E-state index < -0.39 is 29.8 Å². The van der Waals surface area contributed by atoms with E-state index in [1.54, 1.807) is 25.4 Å². The fourth-order valence-corrected chi connectivity index (χ4v) is 3.17. The number of amides is 4. The molecule has 7 heteroatoms. The molecule has 2 rings (SSSR count). The predicted molar refractivity (Wildman–Crippen MR) is 73.9 cm³/mol. The first-order chi connectivity index (χ1) is 9.47. The van der Waals surface area contributed by atoms with Crippen LogP contribution in [0.2, 0.25) is 0 Å². The first-order valence-electron chi connectivity index (χ1n) is 6.54. The third kappa shape index (κ3) is 2.45. The summed E-state index contributed by atoms with van der Waals surface area (Å²) >= 11 is 1.39. The summed E-state index contributed by atoms with van der Waals surface area (Å²) in [5.74, 6) is -1.93. The van der Waals surface area contributed by atoms with Crippen molar-refractivity contribution >= 4 is 29.2 Å². The second-order valence-electron chi connectivity index (χ2n) is 5.02. The van der Waals surface area contributed by atoms with Crippen LogP contribution in [0.1, 0.15) is 38.2 Å². The van der Waals surface area contributed by atoms with Gasteiger partial charge in [0, 0.05) is 11.6 Å². The minimum Gasteiger partial charge on any atom is -0.277 e. The zero-order chi connectivity index (χ0) is 14.9. The van der Waals surface area contributed by atoms with Crippen molar-refractivity contribution in [2.24, 2.45) is 11.8 Å². The van der Waals surface area contributed by atoms with E-state index in [1.807, 2.05) is 6.92 Å². The van der Waals surface area contributed by atoms with Gasteiger partial charge < -0.3 is 0 Å². The number of nitrogens with zero attached hydrogens (tertiary/aromatic N) is 2. The van der Waals surface area contributed by atoms with Crippen molar-refractivity contribution in [3.05, 3.63) is 16.6 Å². The second-order valence-corrected chi connectivity index (χ2v) is 5.94. The average Bonchev–Trinajstić information content (AvgIpc) is 2.86. The molecule has 1 N–H and O–H groups in total. The fourth-order valence-electron chi connectivity index (χ4n) is 2.36. The molecule has 0 aliphatic carbocycles. The van der Waals surface area contributed by atoms with Crippen molar-refractivity contribution in [2.45, 2.75) is 33.2 Å². The van der Waals surface area contributed by atoms with Gasteiger partial charge in [-0.3, -0.25) is 19.8 Å². The molecule has 2 atom stereocenters. The van der Waals surface area contributed by atoms with Crippen molar-refractivity contribution in [2.75, 3.05) is 0 Å². The Morgan fingerprint density at radius 3 is 2.60 bits per heavy atom. The lowest BCUT2D eigenvalue weighted by molar-refractivity contribution is -0.146. The highest BCUT2D eigenvalue weighted by Gasteiger charge is 2.45. The molecule has 4 amide bonds. The number of urea groups is 1. The van der Waals surface area contributed by atoms with Crippen molar-refractivity contribution in [3.8, 4) is 0 Å². The summed E-state index contributed by atoms with van der Waals surface area (Å²) in [6.45, 7) is 5.47. The Hall–Kier alpha value is -1.76. The average molecular weight is 295 g/mol. The van der Waals surface area contributed by atoms with Crippen molar-refractivity contribution in [1.29, 1.82) is 0 Å². The molecule has 0 spiro atoms. The van der Waals surface area contributed by atoms with Crippen LogP contribution in [0, 0.1) is 11.8 Å². The second kappa shape index (κ2) is 5.70. The third-order valence-corrected chi connectivity index (χ3v) is 4.21. The smallest absolute Gasteiger partial charge is 0.277 e. The van der Waals surface area contributed by atoms with E-state index in [1.165, 1.54) is 11.3 Å². The van der Waals surface area contributed by atoms with Gasteiger partial charge in [-0.2, -0.15) is 0 Å². The monoisotopic (exact) mass is 295 g/mol.